The first kappa shape index (κ1) is 21.8. The fourth-order valence-electron chi connectivity index (χ4n) is 3.37. The number of hydrogen-bond acceptors (Lipinski definition) is 4. The van der Waals surface area contributed by atoms with Gasteiger partial charge >= 0.3 is 0 Å². The fraction of sp³-hybridized carbons (Fsp3) is 0.280. The second kappa shape index (κ2) is 9.72. The molecule has 3 rings (SSSR count). The zero-order valence-corrected chi connectivity index (χ0v) is 18.6. The average molecular weight is 422 g/mol. The minimum Gasteiger partial charge on any atom is -0.496 e. The van der Waals surface area contributed by atoms with E-state index in [2.05, 4.69) is 43.4 Å². The third kappa shape index (κ3) is 5.16. The van der Waals surface area contributed by atoms with E-state index < -0.39 is 0 Å². The fourth-order valence-corrected chi connectivity index (χ4v) is 4.17. The van der Waals surface area contributed by atoms with Gasteiger partial charge in [0.05, 0.1) is 19.6 Å². The lowest BCUT2D eigenvalue weighted by Crippen LogP contribution is -2.30. The van der Waals surface area contributed by atoms with Crippen LogP contribution in [0.5, 0.6) is 5.75 Å². The maximum atomic E-state index is 13.0. The zero-order valence-electron chi connectivity index (χ0n) is 17.8. The molecule has 0 bridgehead atoms. The highest BCUT2D eigenvalue weighted by Crippen LogP contribution is 2.28. The predicted molar refractivity (Wildman–Crippen MR) is 122 cm³/mol. The maximum absolute atomic E-state index is 13.0. The Labute approximate surface area is 181 Å². The Bertz CT molecular complexity index is 1010. The van der Waals surface area contributed by atoms with E-state index in [1.807, 2.05) is 17.5 Å². The Kier molecular flexibility index (Phi) is 7.06. The van der Waals surface area contributed by atoms with Crippen LogP contribution in [-0.2, 0) is 11.2 Å². The zero-order chi connectivity index (χ0) is 21.7. The summed E-state index contributed by atoms with van der Waals surface area (Å²) >= 11 is 1.61. The Morgan fingerprint density at radius 2 is 1.73 bits per heavy atom. The molecular formula is C25H27NO3S. The number of ketones is 1. The summed E-state index contributed by atoms with van der Waals surface area (Å²) in [6, 6.07) is 17.4. The molecule has 1 unspecified atom stereocenters. The van der Waals surface area contributed by atoms with Gasteiger partial charge in [0.2, 0.25) is 5.91 Å². The summed E-state index contributed by atoms with van der Waals surface area (Å²) in [7, 11) is 1.56. The molecule has 2 aromatic carbocycles. The van der Waals surface area contributed by atoms with Gasteiger partial charge in [-0.05, 0) is 53.6 Å². The summed E-state index contributed by atoms with van der Waals surface area (Å²) in [5.41, 5.74) is 3.57. The number of methoxy groups -OCH3 is 1. The second-order valence-corrected chi connectivity index (χ2v) is 8.58. The van der Waals surface area contributed by atoms with Crippen molar-refractivity contribution in [3.05, 3.63) is 87.1 Å². The predicted octanol–water partition coefficient (Wildman–Crippen LogP) is 5.53. The van der Waals surface area contributed by atoms with Crippen LogP contribution in [0.25, 0.3) is 0 Å². The summed E-state index contributed by atoms with van der Waals surface area (Å²) in [4.78, 5) is 25.8. The number of carbonyl (C=O) groups is 2. The standard InChI is InChI=1S/C25H27NO3S/c1-16(2)18-7-9-19(10-8-18)25(23-6-5-13-30-23)26-24(28)15-21-14-20(17(3)27)11-12-22(21)29-4/h5-14,16,25H,15H2,1-4H3,(H,26,28). The van der Waals surface area contributed by atoms with Crippen molar-refractivity contribution in [1.82, 2.24) is 5.32 Å². The molecule has 0 aliphatic rings. The van der Waals surface area contributed by atoms with Crippen LogP contribution in [0.2, 0.25) is 0 Å². The van der Waals surface area contributed by atoms with Crippen LogP contribution in [-0.4, -0.2) is 18.8 Å². The quantitative estimate of drug-likeness (QED) is 0.487. The van der Waals surface area contributed by atoms with Crippen LogP contribution in [0.1, 0.15) is 64.7 Å². The molecule has 1 atom stereocenters. The van der Waals surface area contributed by atoms with Crippen molar-refractivity contribution >= 4 is 23.0 Å². The van der Waals surface area contributed by atoms with Gasteiger partial charge < -0.3 is 10.1 Å². The number of Topliss-reactive ketones (excluding diaryl/α,β-unsaturated/α-hetero) is 1. The average Bonchev–Trinajstić information content (AvgIpc) is 3.26. The van der Waals surface area contributed by atoms with Gasteiger partial charge in [-0.15, -0.1) is 11.3 Å². The maximum Gasteiger partial charge on any atom is 0.225 e. The first-order valence-corrected chi connectivity index (χ1v) is 10.9. The highest BCUT2D eigenvalue weighted by atomic mass is 32.1. The largest absolute Gasteiger partial charge is 0.496 e. The molecule has 0 aliphatic carbocycles. The van der Waals surface area contributed by atoms with Crippen molar-refractivity contribution in [1.29, 1.82) is 0 Å². The van der Waals surface area contributed by atoms with Crippen LogP contribution in [0.4, 0.5) is 0 Å². The smallest absolute Gasteiger partial charge is 0.225 e. The molecular weight excluding hydrogens is 394 g/mol. The summed E-state index contributed by atoms with van der Waals surface area (Å²) < 4.78 is 5.39. The Morgan fingerprint density at radius 3 is 2.30 bits per heavy atom. The van der Waals surface area contributed by atoms with Gasteiger partial charge in [0, 0.05) is 16.0 Å². The number of rotatable bonds is 8. The normalized spacial score (nSPS) is 11.9. The Hall–Kier alpha value is -2.92. The van der Waals surface area contributed by atoms with E-state index in [4.69, 9.17) is 4.74 Å². The number of ether oxygens (including phenoxy) is 1. The second-order valence-electron chi connectivity index (χ2n) is 7.60. The summed E-state index contributed by atoms with van der Waals surface area (Å²) in [5, 5.41) is 5.17. The lowest BCUT2D eigenvalue weighted by atomic mass is 9.98. The van der Waals surface area contributed by atoms with Gasteiger partial charge in [0.25, 0.3) is 0 Å². The van der Waals surface area contributed by atoms with Gasteiger partial charge in [-0.1, -0.05) is 44.2 Å². The van der Waals surface area contributed by atoms with Crippen molar-refractivity contribution in [2.45, 2.75) is 39.2 Å². The summed E-state index contributed by atoms with van der Waals surface area (Å²) in [6.07, 6.45) is 0.135. The van der Waals surface area contributed by atoms with Crippen LogP contribution < -0.4 is 10.1 Å². The third-order valence-corrected chi connectivity index (χ3v) is 6.04. The van der Waals surface area contributed by atoms with E-state index in [1.54, 1.807) is 36.6 Å². The lowest BCUT2D eigenvalue weighted by molar-refractivity contribution is -0.120. The van der Waals surface area contributed by atoms with Gasteiger partial charge in [-0.2, -0.15) is 0 Å². The van der Waals surface area contributed by atoms with Crippen molar-refractivity contribution in [2.75, 3.05) is 7.11 Å². The van der Waals surface area contributed by atoms with Crippen LogP contribution in [0.15, 0.2) is 60.0 Å². The Morgan fingerprint density at radius 1 is 1.03 bits per heavy atom. The number of nitrogens with one attached hydrogen (secondary N) is 1. The lowest BCUT2D eigenvalue weighted by Gasteiger charge is -2.19. The van der Waals surface area contributed by atoms with Crippen molar-refractivity contribution in [3.8, 4) is 5.75 Å². The number of thiophene rings is 1. The number of benzene rings is 2. The molecule has 1 aromatic heterocycles. The Balaban J connectivity index is 1.84. The molecule has 0 aliphatic heterocycles. The summed E-state index contributed by atoms with van der Waals surface area (Å²) in [6.45, 7) is 5.84. The third-order valence-electron chi connectivity index (χ3n) is 5.11. The van der Waals surface area contributed by atoms with E-state index in [0.717, 1.165) is 10.4 Å². The van der Waals surface area contributed by atoms with E-state index in [9.17, 15) is 9.59 Å². The molecule has 30 heavy (non-hydrogen) atoms. The molecule has 0 saturated carbocycles. The molecule has 1 N–H and O–H groups in total. The number of carbonyl (C=O) groups excluding carboxylic acids is 2. The molecule has 3 aromatic rings. The van der Waals surface area contributed by atoms with E-state index in [-0.39, 0.29) is 24.2 Å². The van der Waals surface area contributed by atoms with Crippen molar-refractivity contribution in [2.24, 2.45) is 0 Å². The van der Waals surface area contributed by atoms with Gasteiger partial charge in [0.1, 0.15) is 5.75 Å². The van der Waals surface area contributed by atoms with Gasteiger partial charge in [0.15, 0.2) is 5.78 Å². The molecule has 0 spiro atoms. The molecule has 1 heterocycles. The van der Waals surface area contributed by atoms with Gasteiger partial charge in [-0.25, -0.2) is 0 Å². The van der Waals surface area contributed by atoms with Crippen molar-refractivity contribution in [3.63, 3.8) is 0 Å². The molecule has 156 valence electrons. The van der Waals surface area contributed by atoms with Crippen molar-refractivity contribution < 1.29 is 14.3 Å². The minimum absolute atomic E-state index is 0.0407. The minimum atomic E-state index is -0.222. The van der Waals surface area contributed by atoms with E-state index >= 15 is 0 Å². The van der Waals surface area contributed by atoms with Crippen LogP contribution in [0, 0.1) is 0 Å². The SMILES string of the molecule is COc1ccc(C(C)=O)cc1CC(=O)NC(c1ccc(C(C)C)cc1)c1cccs1. The first-order chi connectivity index (χ1) is 14.4. The molecule has 0 radical (unpaired) electrons. The number of amides is 1. The van der Waals surface area contributed by atoms with E-state index in [1.165, 1.54) is 12.5 Å². The van der Waals surface area contributed by atoms with Crippen LogP contribution in [0.3, 0.4) is 0 Å². The van der Waals surface area contributed by atoms with Gasteiger partial charge in [-0.3, -0.25) is 9.59 Å². The first-order valence-electron chi connectivity index (χ1n) is 9.99. The highest BCUT2D eigenvalue weighted by Gasteiger charge is 2.20. The topological polar surface area (TPSA) is 55.4 Å². The molecule has 1 amide bonds. The molecule has 5 heteroatoms. The van der Waals surface area contributed by atoms with E-state index in [0.29, 0.717) is 22.8 Å². The monoisotopic (exact) mass is 421 g/mol. The molecule has 4 nitrogen and oxygen atoms in total. The molecule has 0 fully saturated rings. The highest BCUT2D eigenvalue weighted by molar-refractivity contribution is 7.10. The summed E-state index contributed by atoms with van der Waals surface area (Å²) in [5.74, 6) is 0.889. The van der Waals surface area contributed by atoms with Crippen LogP contribution >= 0.6 is 11.3 Å². The molecule has 0 saturated heterocycles. The number of hydrogen-bond donors (Lipinski definition) is 1.